The number of thiazole rings is 1. The molecule has 9 atom stereocenters. The number of Topliss-reactive ketones (excluding diaryl/α,β-unsaturated/α-hetero) is 1. The Balaban J connectivity index is 1.94. The van der Waals surface area contributed by atoms with Gasteiger partial charge in [-0.25, -0.2) is 4.98 Å². The fourth-order valence-corrected chi connectivity index (χ4v) is 6.10. The molecule has 0 aromatic carbocycles. The molecule has 42 heavy (non-hydrogen) atoms. The van der Waals surface area contributed by atoms with E-state index in [1.165, 1.54) is 11.3 Å². The minimum atomic E-state index is -1.50. The minimum Gasteiger partial charge on any atom is -0.457 e. The van der Waals surface area contributed by atoms with Crippen molar-refractivity contribution in [1.82, 2.24) is 4.98 Å². The summed E-state index contributed by atoms with van der Waals surface area (Å²) < 4.78 is 17.5. The van der Waals surface area contributed by atoms with Gasteiger partial charge in [-0.05, 0) is 50.7 Å². The molecule has 0 unspecified atom stereocenters. The number of esters is 1. The van der Waals surface area contributed by atoms with E-state index in [1.54, 1.807) is 20.8 Å². The molecular weight excluding hydrogens is 562 g/mol. The molecule has 11 heteroatoms. The topological polar surface area (TPSA) is 156 Å². The largest absolute Gasteiger partial charge is 0.457 e. The van der Waals surface area contributed by atoms with Crippen LogP contribution >= 0.6 is 11.3 Å². The molecule has 1 aromatic rings. The van der Waals surface area contributed by atoms with Crippen LogP contribution in [0.25, 0.3) is 6.08 Å². The molecule has 4 N–H and O–H groups in total. The van der Waals surface area contributed by atoms with E-state index in [-0.39, 0.29) is 18.1 Å². The summed E-state index contributed by atoms with van der Waals surface area (Å²) in [5.41, 5.74) is 0.266. The van der Waals surface area contributed by atoms with Crippen molar-refractivity contribution in [3.63, 3.8) is 0 Å². The van der Waals surface area contributed by atoms with Gasteiger partial charge < -0.3 is 34.6 Å². The third-order valence-corrected chi connectivity index (χ3v) is 9.23. The zero-order valence-corrected chi connectivity index (χ0v) is 26.3. The van der Waals surface area contributed by atoms with Crippen LogP contribution in [0.2, 0.25) is 0 Å². The first-order valence-corrected chi connectivity index (χ1v) is 15.6. The minimum absolute atomic E-state index is 0.134. The number of cyclic esters (lactones) is 1. The smallest absolute Gasteiger partial charge is 0.309 e. The van der Waals surface area contributed by atoms with E-state index in [0.29, 0.717) is 6.42 Å². The molecule has 1 aromatic heterocycles. The highest BCUT2D eigenvalue weighted by Crippen LogP contribution is 2.36. The lowest BCUT2D eigenvalue weighted by Gasteiger charge is -2.38. The number of aliphatic hydroxyl groups is 4. The van der Waals surface area contributed by atoms with Crippen LogP contribution in [0.4, 0.5) is 0 Å². The Kier molecular flexibility index (Phi) is 12.4. The molecule has 10 nitrogen and oxygen atoms in total. The van der Waals surface area contributed by atoms with E-state index in [1.807, 2.05) is 44.4 Å². The van der Waals surface area contributed by atoms with Crippen molar-refractivity contribution in [2.75, 3.05) is 6.61 Å². The maximum absolute atomic E-state index is 13.8. The summed E-state index contributed by atoms with van der Waals surface area (Å²) >= 11 is 1.53. The zero-order chi connectivity index (χ0) is 31.2. The number of hydrogen-bond donors (Lipinski definition) is 4. The van der Waals surface area contributed by atoms with Gasteiger partial charge in [0.25, 0.3) is 0 Å². The van der Waals surface area contributed by atoms with Crippen LogP contribution in [0.3, 0.4) is 0 Å². The Morgan fingerprint density at radius 2 is 1.88 bits per heavy atom. The predicted octanol–water partition coefficient (Wildman–Crippen LogP) is 3.34. The van der Waals surface area contributed by atoms with Crippen molar-refractivity contribution in [3.8, 4) is 0 Å². The van der Waals surface area contributed by atoms with Gasteiger partial charge in [0.1, 0.15) is 30.2 Å². The number of aromatic nitrogens is 1. The van der Waals surface area contributed by atoms with Gasteiger partial charge in [-0.2, -0.15) is 0 Å². The van der Waals surface area contributed by atoms with E-state index in [2.05, 4.69) is 4.98 Å². The number of aliphatic hydroxyl groups excluding tert-OH is 4. The number of ketones is 1. The lowest BCUT2D eigenvalue weighted by atomic mass is 9.72. The Labute approximate surface area is 252 Å². The van der Waals surface area contributed by atoms with Crippen LogP contribution in [0.5, 0.6) is 0 Å². The summed E-state index contributed by atoms with van der Waals surface area (Å²) in [7, 11) is 0. The first kappa shape index (κ1) is 34.5. The Bertz CT molecular complexity index is 1120. The average molecular weight is 610 g/mol. The van der Waals surface area contributed by atoms with Crippen molar-refractivity contribution in [3.05, 3.63) is 33.8 Å². The van der Waals surface area contributed by atoms with Crippen LogP contribution in [-0.2, 0) is 23.8 Å². The highest BCUT2D eigenvalue weighted by Gasteiger charge is 2.49. The maximum Gasteiger partial charge on any atom is 0.309 e. The number of carbonyl (C=O) groups excluding carboxylic acids is 2. The molecule has 3 rings (SSSR count). The molecule has 0 amide bonds. The highest BCUT2D eigenvalue weighted by atomic mass is 32.1. The number of ether oxygens (including phenoxy) is 3. The second kappa shape index (κ2) is 15.1. The number of nitrogens with zero attached hydrogens (tertiary/aromatic N) is 1. The number of rotatable bonds is 5. The van der Waals surface area contributed by atoms with Crippen molar-refractivity contribution >= 4 is 29.2 Å². The van der Waals surface area contributed by atoms with Gasteiger partial charge in [0.15, 0.2) is 6.29 Å². The predicted molar refractivity (Wildman–Crippen MR) is 158 cm³/mol. The maximum atomic E-state index is 13.8. The molecule has 3 heterocycles. The van der Waals surface area contributed by atoms with Gasteiger partial charge >= 0.3 is 5.97 Å². The summed E-state index contributed by atoms with van der Waals surface area (Å²) in [5, 5.41) is 44.2. The Hall–Kier alpha value is -1.99. The first-order chi connectivity index (χ1) is 19.8. The molecule has 0 aliphatic carbocycles. The summed E-state index contributed by atoms with van der Waals surface area (Å²) in [5.74, 6) is -1.83. The molecule has 0 saturated carbocycles. The van der Waals surface area contributed by atoms with Gasteiger partial charge in [-0.1, -0.05) is 39.8 Å². The van der Waals surface area contributed by atoms with Crippen molar-refractivity contribution in [1.29, 1.82) is 0 Å². The quantitative estimate of drug-likeness (QED) is 0.289. The zero-order valence-electron chi connectivity index (χ0n) is 25.4. The van der Waals surface area contributed by atoms with E-state index >= 15 is 0 Å². The number of hydrogen-bond acceptors (Lipinski definition) is 11. The monoisotopic (exact) mass is 609 g/mol. The number of aryl methyl sites for hydroxylation is 1. The molecule has 1 fully saturated rings. The van der Waals surface area contributed by atoms with Gasteiger partial charge in [-0.3, -0.25) is 9.59 Å². The van der Waals surface area contributed by atoms with Crippen molar-refractivity contribution < 1.29 is 44.2 Å². The molecule has 1 saturated heterocycles. The molecule has 0 bridgehead atoms. The SMILES string of the molecule is C/C(=C\c1csc(C)n1)[C@@H]1C/C=C\CCC[C@H](C)[C@H](O)[C@@H](C)C(=O)C(C)(C)[C@@H](O[C@H]2O[C@H](CO)[C@@H](O)[C@@H]2O)CC(=O)O1. The molecule has 2 aliphatic heterocycles. The fraction of sp³-hybridized carbons (Fsp3) is 0.710. The molecule has 0 radical (unpaired) electrons. The van der Waals surface area contributed by atoms with Crippen LogP contribution in [-0.4, -0.2) is 86.7 Å². The summed E-state index contributed by atoms with van der Waals surface area (Å²) in [6.45, 7) is 10.1. The van der Waals surface area contributed by atoms with Crippen LogP contribution < -0.4 is 0 Å². The van der Waals surface area contributed by atoms with Gasteiger partial charge in [0, 0.05) is 17.7 Å². The third-order valence-electron chi connectivity index (χ3n) is 8.44. The van der Waals surface area contributed by atoms with Crippen molar-refractivity contribution in [2.45, 2.75) is 117 Å². The van der Waals surface area contributed by atoms with Crippen LogP contribution in [0, 0.1) is 24.2 Å². The molecule has 2 aliphatic rings. The fourth-order valence-electron chi connectivity index (χ4n) is 5.53. The Morgan fingerprint density at radius 1 is 1.17 bits per heavy atom. The van der Waals surface area contributed by atoms with Crippen LogP contribution in [0.15, 0.2) is 23.1 Å². The first-order valence-electron chi connectivity index (χ1n) is 14.7. The summed E-state index contributed by atoms with van der Waals surface area (Å²) in [6, 6.07) is 0. The van der Waals surface area contributed by atoms with Gasteiger partial charge in [0.05, 0.1) is 41.4 Å². The molecule has 236 valence electrons. The van der Waals surface area contributed by atoms with Gasteiger partial charge in [-0.15, -0.1) is 11.3 Å². The van der Waals surface area contributed by atoms with E-state index < -0.39 is 66.8 Å². The van der Waals surface area contributed by atoms with Crippen LogP contribution in [0.1, 0.15) is 77.4 Å². The van der Waals surface area contributed by atoms with E-state index in [9.17, 15) is 30.0 Å². The number of allylic oxidation sites excluding steroid dienone is 1. The second-order valence-corrected chi connectivity index (χ2v) is 13.2. The summed E-state index contributed by atoms with van der Waals surface area (Å²) in [6.07, 6.45) is 0.339. The lowest BCUT2D eigenvalue weighted by Crippen LogP contribution is -2.49. The standard InChI is InChI=1S/C31H47NO9S/c1-17-11-9-7-8-10-12-22(18(2)13-21-16-42-20(4)32-21)39-25(34)14-24(31(5,6)29(38)19(3)26(17)35)41-30-28(37)27(36)23(15-33)40-30/h8,10,13,16-17,19,22-24,26-28,30,33,35-37H,7,9,11-12,14-15H2,1-6H3/b10-8-,18-13+/t17-,19+,22-,23+,24-,26-,27+,28-,30+/m0/s1. The molecular formula is C31H47NO9S. The third kappa shape index (κ3) is 8.56. The second-order valence-electron chi connectivity index (χ2n) is 12.2. The Morgan fingerprint density at radius 3 is 2.50 bits per heavy atom. The van der Waals surface area contributed by atoms with E-state index in [0.717, 1.165) is 35.5 Å². The highest BCUT2D eigenvalue weighted by molar-refractivity contribution is 7.09. The van der Waals surface area contributed by atoms with Crippen molar-refractivity contribution in [2.24, 2.45) is 17.3 Å². The lowest BCUT2D eigenvalue weighted by molar-refractivity contribution is -0.218. The van der Waals surface area contributed by atoms with E-state index in [4.69, 9.17) is 14.2 Å². The molecule has 0 spiro atoms. The number of carbonyl (C=O) groups is 2. The average Bonchev–Trinajstić information content (AvgIpc) is 3.48. The van der Waals surface area contributed by atoms with Gasteiger partial charge in [0.2, 0.25) is 0 Å². The normalized spacial score (nSPS) is 36.5. The summed E-state index contributed by atoms with van der Waals surface area (Å²) in [4.78, 5) is 31.8.